The van der Waals surface area contributed by atoms with Gasteiger partial charge in [-0.1, -0.05) is 13.3 Å². The van der Waals surface area contributed by atoms with Gasteiger partial charge in [0.25, 0.3) is 0 Å². The molecule has 6 heteroatoms. The summed E-state index contributed by atoms with van der Waals surface area (Å²) in [5, 5.41) is 2.80. The molecule has 4 nitrogen and oxygen atoms in total. The van der Waals surface area contributed by atoms with E-state index in [1.54, 1.807) is 12.1 Å². The summed E-state index contributed by atoms with van der Waals surface area (Å²) in [5.74, 6) is 1.58. The second-order valence-electron chi connectivity index (χ2n) is 5.08. The molecular weight excluding hydrogens is 323 g/mol. The maximum absolute atomic E-state index is 11.7. The quantitative estimate of drug-likeness (QED) is 0.679. The minimum Gasteiger partial charge on any atom is -0.410 e. The number of nitrogens with one attached hydrogen (secondary N) is 1. The molecule has 0 bridgehead atoms. The lowest BCUT2D eigenvalue weighted by Crippen LogP contribution is -2.34. The van der Waals surface area contributed by atoms with Crippen molar-refractivity contribution in [1.82, 2.24) is 5.32 Å². The average molecular weight is 347 g/mol. The Morgan fingerprint density at radius 2 is 1.82 bits per heavy atom. The third kappa shape index (κ3) is 6.75. The molecule has 0 unspecified atom stereocenters. The first kappa shape index (κ1) is 18.9. The van der Waals surface area contributed by atoms with Crippen molar-refractivity contribution in [1.29, 1.82) is 0 Å². The molecule has 0 fully saturated rings. The van der Waals surface area contributed by atoms with E-state index in [-0.39, 0.29) is 6.04 Å². The minimum absolute atomic E-state index is 0.111. The molecule has 1 aromatic carbocycles. The van der Waals surface area contributed by atoms with Gasteiger partial charge in [0.05, 0.1) is 0 Å². The number of nitrogens with zero attached hydrogens (tertiary/aromatic N) is 1. The number of anilines is 1. The number of halogens is 2. The van der Waals surface area contributed by atoms with Gasteiger partial charge in [-0.05, 0) is 37.6 Å². The fourth-order valence-corrected chi connectivity index (χ4v) is 2.55. The average Bonchev–Trinajstić information content (AvgIpc) is 2.48. The zero-order valence-corrected chi connectivity index (χ0v) is 14.7. The van der Waals surface area contributed by atoms with Crippen LogP contribution in [0.4, 0.5) is 10.5 Å². The summed E-state index contributed by atoms with van der Waals surface area (Å²) in [5.41, 5.74) is 1.01. The van der Waals surface area contributed by atoms with Gasteiger partial charge in [0, 0.05) is 36.6 Å². The highest BCUT2D eigenvalue weighted by Crippen LogP contribution is 2.19. The molecule has 22 heavy (non-hydrogen) atoms. The second kappa shape index (κ2) is 10.6. The van der Waals surface area contributed by atoms with Gasteiger partial charge in [-0.25, -0.2) is 4.79 Å². The van der Waals surface area contributed by atoms with Crippen LogP contribution >= 0.6 is 23.2 Å². The van der Waals surface area contributed by atoms with Crippen LogP contribution < -0.4 is 15.0 Å². The molecule has 0 heterocycles. The van der Waals surface area contributed by atoms with Crippen LogP contribution in [0.5, 0.6) is 5.75 Å². The highest BCUT2D eigenvalue weighted by molar-refractivity contribution is 6.18. The molecule has 1 atom stereocenters. The second-order valence-corrected chi connectivity index (χ2v) is 5.84. The molecule has 0 aromatic heterocycles. The van der Waals surface area contributed by atoms with E-state index in [2.05, 4.69) is 17.1 Å². The lowest BCUT2D eigenvalue weighted by atomic mass is 10.2. The van der Waals surface area contributed by atoms with Gasteiger partial charge in [0.15, 0.2) is 0 Å². The Labute approximate surface area is 142 Å². The van der Waals surface area contributed by atoms with Crippen LogP contribution in [0, 0.1) is 0 Å². The Hall–Kier alpha value is -1.13. The van der Waals surface area contributed by atoms with Gasteiger partial charge in [0.2, 0.25) is 0 Å². The predicted octanol–water partition coefficient (Wildman–Crippen LogP) is 4.25. The van der Waals surface area contributed by atoms with E-state index >= 15 is 0 Å². The van der Waals surface area contributed by atoms with Crippen molar-refractivity contribution in [2.75, 3.05) is 29.7 Å². The van der Waals surface area contributed by atoms with Crippen LogP contribution in [0.25, 0.3) is 0 Å². The molecule has 1 rings (SSSR count). The smallest absolute Gasteiger partial charge is 0.410 e. The zero-order valence-electron chi connectivity index (χ0n) is 13.1. The molecule has 0 radical (unpaired) electrons. The number of rotatable bonds is 9. The Kier molecular flexibility index (Phi) is 9.09. The SMILES string of the molecule is CCC[C@@H](C)NC(=O)Oc1ccc(N(CCCl)CCCl)cc1. The Balaban J connectivity index is 2.58. The number of hydrogen-bond donors (Lipinski definition) is 1. The number of hydrogen-bond acceptors (Lipinski definition) is 3. The van der Waals surface area contributed by atoms with Gasteiger partial charge in [-0.3, -0.25) is 0 Å². The van der Waals surface area contributed by atoms with Crippen molar-refractivity contribution >= 4 is 35.0 Å². The number of benzene rings is 1. The lowest BCUT2D eigenvalue weighted by Gasteiger charge is -2.23. The molecule has 1 aromatic rings. The summed E-state index contributed by atoms with van der Waals surface area (Å²) in [6.07, 6.45) is 1.53. The number of carbonyl (C=O) groups is 1. The zero-order chi connectivity index (χ0) is 16.4. The Morgan fingerprint density at radius 1 is 1.23 bits per heavy atom. The van der Waals surface area contributed by atoms with Gasteiger partial charge in [0.1, 0.15) is 5.75 Å². The van der Waals surface area contributed by atoms with Crippen LogP contribution in [-0.2, 0) is 0 Å². The highest BCUT2D eigenvalue weighted by Gasteiger charge is 2.10. The normalized spacial score (nSPS) is 11.8. The third-order valence-electron chi connectivity index (χ3n) is 3.21. The standard InChI is InChI=1S/C16H24Cl2N2O2/c1-3-4-13(2)19-16(21)22-15-7-5-14(6-8-15)20(11-9-17)12-10-18/h5-8,13H,3-4,9-12H2,1-2H3,(H,19,21)/t13-/m1/s1. The molecule has 1 amide bonds. The third-order valence-corrected chi connectivity index (χ3v) is 3.55. The van der Waals surface area contributed by atoms with Crippen molar-refractivity contribution in [3.8, 4) is 5.75 Å². The molecule has 0 aliphatic rings. The monoisotopic (exact) mass is 346 g/mol. The fraction of sp³-hybridized carbons (Fsp3) is 0.562. The largest absolute Gasteiger partial charge is 0.412 e. The summed E-state index contributed by atoms with van der Waals surface area (Å²) < 4.78 is 5.27. The number of amides is 1. The Morgan fingerprint density at radius 3 is 2.32 bits per heavy atom. The Bertz CT molecular complexity index is 434. The predicted molar refractivity (Wildman–Crippen MR) is 93.6 cm³/mol. The van der Waals surface area contributed by atoms with E-state index in [1.807, 2.05) is 19.1 Å². The van der Waals surface area contributed by atoms with Crippen LogP contribution in [0.1, 0.15) is 26.7 Å². The first-order chi connectivity index (χ1) is 10.6. The summed E-state index contributed by atoms with van der Waals surface area (Å²) in [4.78, 5) is 13.8. The molecular formula is C16H24Cl2N2O2. The van der Waals surface area contributed by atoms with E-state index in [4.69, 9.17) is 27.9 Å². The number of alkyl halides is 2. The number of ether oxygens (including phenoxy) is 1. The van der Waals surface area contributed by atoms with Crippen LogP contribution in [0.2, 0.25) is 0 Å². The van der Waals surface area contributed by atoms with Gasteiger partial charge >= 0.3 is 6.09 Å². The molecule has 124 valence electrons. The maximum atomic E-state index is 11.7. The van der Waals surface area contributed by atoms with Crippen molar-refractivity contribution in [3.05, 3.63) is 24.3 Å². The van der Waals surface area contributed by atoms with Gasteiger partial charge in [-0.2, -0.15) is 0 Å². The van der Waals surface area contributed by atoms with E-state index in [0.717, 1.165) is 31.6 Å². The van der Waals surface area contributed by atoms with Crippen molar-refractivity contribution in [3.63, 3.8) is 0 Å². The summed E-state index contributed by atoms with van der Waals surface area (Å²) >= 11 is 11.6. The topological polar surface area (TPSA) is 41.6 Å². The van der Waals surface area contributed by atoms with E-state index in [9.17, 15) is 4.79 Å². The summed E-state index contributed by atoms with van der Waals surface area (Å²) in [6, 6.07) is 7.46. The lowest BCUT2D eigenvalue weighted by molar-refractivity contribution is 0.196. The molecule has 0 aliphatic carbocycles. The van der Waals surface area contributed by atoms with Gasteiger partial charge < -0.3 is 15.0 Å². The van der Waals surface area contributed by atoms with Crippen LogP contribution in [0.15, 0.2) is 24.3 Å². The van der Waals surface area contributed by atoms with Crippen LogP contribution in [-0.4, -0.2) is 37.0 Å². The van der Waals surface area contributed by atoms with Crippen molar-refractivity contribution in [2.24, 2.45) is 0 Å². The highest BCUT2D eigenvalue weighted by atomic mass is 35.5. The van der Waals surface area contributed by atoms with Gasteiger partial charge in [-0.15, -0.1) is 23.2 Å². The molecule has 1 N–H and O–H groups in total. The molecule has 0 saturated heterocycles. The van der Waals surface area contributed by atoms with Crippen molar-refractivity contribution < 1.29 is 9.53 Å². The van der Waals surface area contributed by atoms with E-state index in [1.165, 1.54) is 0 Å². The fourth-order valence-electron chi connectivity index (χ4n) is 2.14. The molecule has 0 saturated carbocycles. The summed E-state index contributed by atoms with van der Waals surface area (Å²) in [6.45, 7) is 5.49. The minimum atomic E-state index is -0.424. The van der Waals surface area contributed by atoms with E-state index in [0.29, 0.717) is 17.5 Å². The summed E-state index contributed by atoms with van der Waals surface area (Å²) in [7, 11) is 0. The molecule has 0 aliphatic heterocycles. The molecule has 0 spiro atoms. The van der Waals surface area contributed by atoms with Crippen LogP contribution in [0.3, 0.4) is 0 Å². The maximum Gasteiger partial charge on any atom is 0.412 e. The first-order valence-electron chi connectivity index (χ1n) is 7.56. The van der Waals surface area contributed by atoms with Crippen molar-refractivity contribution in [2.45, 2.75) is 32.7 Å². The number of carbonyl (C=O) groups excluding carboxylic acids is 1. The van der Waals surface area contributed by atoms with E-state index < -0.39 is 6.09 Å². The first-order valence-corrected chi connectivity index (χ1v) is 8.62.